The van der Waals surface area contributed by atoms with E-state index in [1.807, 2.05) is 0 Å². The second-order valence-corrected chi connectivity index (χ2v) is 3.87. The van der Waals surface area contributed by atoms with Crippen LogP contribution in [0.2, 0.25) is 0 Å². The number of carbonyl (C=O) groups excluding carboxylic acids is 1. The number of carbonyl (C=O) groups is 1. The van der Waals surface area contributed by atoms with E-state index < -0.39 is 18.2 Å². The van der Waals surface area contributed by atoms with Crippen LogP contribution in [0.15, 0.2) is 11.4 Å². The summed E-state index contributed by atoms with van der Waals surface area (Å²) in [6.07, 6.45) is -3.00. The Morgan fingerprint density at radius 3 is 2.80 bits per heavy atom. The highest BCUT2D eigenvalue weighted by Crippen LogP contribution is 2.26. The fraction of sp³-hybridized carbons (Fsp3) is 0.444. The third kappa shape index (κ3) is 2.54. The van der Waals surface area contributed by atoms with Crippen molar-refractivity contribution >= 4 is 17.3 Å². The minimum atomic E-state index is -1.63. The number of aliphatic hydroxyl groups is 3. The molecular weight excluding hydrogens is 220 g/mol. The molecule has 2 atom stereocenters. The summed E-state index contributed by atoms with van der Waals surface area (Å²) in [6, 6.07) is 1.55. The Kier molecular flexibility index (Phi) is 4.22. The van der Waals surface area contributed by atoms with Crippen molar-refractivity contribution in [2.24, 2.45) is 0 Å². The van der Waals surface area contributed by atoms with E-state index in [1.165, 1.54) is 11.3 Å². The summed E-state index contributed by atoms with van der Waals surface area (Å²) in [5, 5.41) is 29.6. The molecule has 1 rings (SSSR count). The molecule has 0 aliphatic rings. The van der Waals surface area contributed by atoms with Crippen molar-refractivity contribution in [1.82, 2.24) is 0 Å². The van der Waals surface area contributed by atoms with E-state index in [-0.39, 0.29) is 6.61 Å². The van der Waals surface area contributed by atoms with E-state index in [4.69, 9.17) is 5.11 Å². The van der Waals surface area contributed by atoms with Crippen LogP contribution in [-0.2, 0) is 16.1 Å². The molecule has 0 saturated heterocycles. The second kappa shape index (κ2) is 5.22. The van der Waals surface area contributed by atoms with E-state index in [0.29, 0.717) is 10.4 Å². The molecule has 0 spiro atoms. The van der Waals surface area contributed by atoms with Crippen LogP contribution in [0.5, 0.6) is 0 Å². The van der Waals surface area contributed by atoms with Gasteiger partial charge in [0.2, 0.25) is 0 Å². The van der Waals surface area contributed by atoms with Crippen LogP contribution in [-0.4, -0.2) is 34.5 Å². The molecule has 15 heavy (non-hydrogen) atoms. The molecule has 0 saturated carbocycles. The Bertz CT molecular complexity index is 335. The molecule has 0 bridgehead atoms. The zero-order valence-electron chi connectivity index (χ0n) is 8.08. The van der Waals surface area contributed by atoms with Gasteiger partial charge in [-0.3, -0.25) is 0 Å². The van der Waals surface area contributed by atoms with Crippen molar-refractivity contribution in [1.29, 1.82) is 0 Å². The van der Waals surface area contributed by atoms with Gasteiger partial charge in [0.15, 0.2) is 6.10 Å². The number of methoxy groups -OCH3 is 1. The summed E-state index contributed by atoms with van der Waals surface area (Å²) in [7, 11) is 1.12. The summed E-state index contributed by atoms with van der Waals surface area (Å²) in [5.41, 5.74) is 0.348. The summed E-state index contributed by atoms with van der Waals surface area (Å²) >= 11 is 1.24. The summed E-state index contributed by atoms with van der Waals surface area (Å²) in [5.74, 6) is -0.905. The predicted molar refractivity (Wildman–Crippen MR) is 53.2 cm³/mol. The minimum Gasteiger partial charge on any atom is -0.467 e. The number of aliphatic hydroxyl groups excluding tert-OH is 3. The molecule has 2 unspecified atom stereocenters. The highest BCUT2D eigenvalue weighted by molar-refractivity contribution is 7.10. The molecule has 0 amide bonds. The van der Waals surface area contributed by atoms with Crippen molar-refractivity contribution < 1.29 is 24.9 Å². The lowest BCUT2D eigenvalue weighted by Gasteiger charge is -2.15. The highest BCUT2D eigenvalue weighted by atomic mass is 32.1. The quantitative estimate of drug-likeness (QED) is 0.626. The van der Waals surface area contributed by atoms with Crippen molar-refractivity contribution in [3.63, 3.8) is 0 Å². The Labute approximate surface area is 90.6 Å². The van der Waals surface area contributed by atoms with Gasteiger partial charge in [-0.15, -0.1) is 11.3 Å². The average Bonchev–Trinajstić information content (AvgIpc) is 2.73. The highest BCUT2D eigenvalue weighted by Gasteiger charge is 2.28. The molecule has 1 heterocycles. The van der Waals surface area contributed by atoms with Gasteiger partial charge in [-0.25, -0.2) is 4.79 Å². The fourth-order valence-corrected chi connectivity index (χ4v) is 1.94. The van der Waals surface area contributed by atoms with Crippen LogP contribution >= 0.6 is 11.3 Å². The topological polar surface area (TPSA) is 87.0 Å². The second-order valence-electron chi connectivity index (χ2n) is 2.87. The normalized spacial score (nSPS) is 14.7. The predicted octanol–water partition coefficient (Wildman–Crippen LogP) is -0.192. The van der Waals surface area contributed by atoms with Crippen LogP contribution in [0.1, 0.15) is 16.5 Å². The van der Waals surface area contributed by atoms with Crippen molar-refractivity contribution in [2.75, 3.05) is 7.11 Å². The zero-order valence-corrected chi connectivity index (χ0v) is 8.90. The van der Waals surface area contributed by atoms with Crippen LogP contribution in [0.4, 0.5) is 0 Å². The first-order chi connectivity index (χ1) is 7.11. The molecule has 0 aliphatic carbocycles. The molecular formula is C9H12O5S. The molecule has 0 fully saturated rings. The number of ether oxygens (including phenoxy) is 1. The Morgan fingerprint density at radius 1 is 1.60 bits per heavy atom. The molecule has 0 aliphatic heterocycles. The van der Waals surface area contributed by atoms with Gasteiger partial charge < -0.3 is 20.1 Å². The largest absolute Gasteiger partial charge is 0.467 e. The molecule has 0 radical (unpaired) electrons. The van der Waals surface area contributed by atoms with E-state index in [2.05, 4.69) is 4.74 Å². The zero-order chi connectivity index (χ0) is 11.4. The summed E-state index contributed by atoms with van der Waals surface area (Å²) in [6.45, 7) is -0.238. The lowest BCUT2D eigenvalue weighted by atomic mass is 10.1. The Balaban J connectivity index is 2.84. The van der Waals surface area contributed by atoms with E-state index in [1.54, 1.807) is 11.4 Å². The van der Waals surface area contributed by atoms with Gasteiger partial charge in [-0.1, -0.05) is 0 Å². The van der Waals surface area contributed by atoms with Gasteiger partial charge >= 0.3 is 5.97 Å². The van der Waals surface area contributed by atoms with E-state index >= 15 is 0 Å². The maximum Gasteiger partial charge on any atom is 0.337 e. The van der Waals surface area contributed by atoms with Crippen LogP contribution < -0.4 is 0 Å². The molecule has 84 valence electrons. The third-order valence-electron chi connectivity index (χ3n) is 1.98. The van der Waals surface area contributed by atoms with Crippen LogP contribution in [0.25, 0.3) is 0 Å². The van der Waals surface area contributed by atoms with Gasteiger partial charge in [-0.2, -0.15) is 0 Å². The number of thiophene rings is 1. The number of hydrogen-bond acceptors (Lipinski definition) is 6. The first kappa shape index (κ1) is 12.1. The van der Waals surface area contributed by atoms with Gasteiger partial charge in [-0.05, 0) is 17.0 Å². The van der Waals surface area contributed by atoms with Crippen LogP contribution in [0.3, 0.4) is 0 Å². The van der Waals surface area contributed by atoms with Gasteiger partial charge in [0, 0.05) is 4.88 Å². The molecule has 5 nitrogen and oxygen atoms in total. The SMILES string of the molecule is COC(=O)C(O)C(O)c1ccsc1CO. The Morgan fingerprint density at radius 2 is 2.27 bits per heavy atom. The van der Waals surface area contributed by atoms with Gasteiger partial charge in [0.25, 0.3) is 0 Å². The van der Waals surface area contributed by atoms with Crippen molar-refractivity contribution in [3.8, 4) is 0 Å². The average molecular weight is 232 g/mol. The fourth-order valence-electron chi connectivity index (χ4n) is 1.16. The van der Waals surface area contributed by atoms with Gasteiger partial charge in [0.1, 0.15) is 6.10 Å². The standard InChI is InChI=1S/C9H12O5S/c1-14-9(13)8(12)7(11)5-2-3-15-6(5)4-10/h2-3,7-8,10-12H,4H2,1H3. The summed E-state index contributed by atoms with van der Waals surface area (Å²) in [4.78, 5) is 11.5. The maximum absolute atomic E-state index is 11.0. The first-order valence-corrected chi connectivity index (χ1v) is 5.10. The lowest BCUT2D eigenvalue weighted by Crippen LogP contribution is -2.29. The molecule has 0 aromatic carbocycles. The molecule has 1 aromatic rings. The number of hydrogen-bond donors (Lipinski definition) is 3. The smallest absolute Gasteiger partial charge is 0.337 e. The van der Waals surface area contributed by atoms with E-state index in [9.17, 15) is 15.0 Å². The summed E-state index contributed by atoms with van der Waals surface area (Å²) < 4.78 is 4.30. The van der Waals surface area contributed by atoms with Crippen molar-refractivity contribution in [3.05, 3.63) is 21.9 Å². The molecule has 1 aromatic heterocycles. The number of esters is 1. The van der Waals surface area contributed by atoms with Crippen molar-refractivity contribution in [2.45, 2.75) is 18.8 Å². The van der Waals surface area contributed by atoms with Crippen LogP contribution in [0, 0.1) is 0 Å². The monoisotopic (exact) mass is 232 g/mol. The number of rotatable bonds is 4. The van der Waals surface area contributed by atoms with E-state index in [0.717, 1.165) is 7.11 Å². The minimum absolute atomic E-state index is 0.238. The first-order valence-electron chi connectivity index (χ1n) is 4.23. The third-order valence-corrected chi connectivity index (χ3v) is 2.91. The maximum atomic E-state index is 11.0. The molecule has 6 heteroatoms. The lowest BCUT2D eigenvalue weighted by molar-refractivity contribution is -0.156. The molecule has 3 N–H and O–H groups in total. The van der Waals surface area contributed by atoms with Gasteiger partial charge in [0.05, 0.1) is 13.7 Å². The Hall–Kier alpha value is -0.950.